The summed E-state index contributed by atoms with van der Waals surface area (Å²) in [4.78, 5) is 14.8. The number of fused-ring (bicyclic) bond motifs is 9. The van der Waals surface area contributed by atoms with E-state index in [1.165, 1.54) is 54.4 Å². The average molecular weight is 805 g/mol. The van der Waals surface area contributed by atoms with Gasteiger partial charge in [-0.15, -0.1) is 0 Å². The van der Waals surface area contributed by atoms with Crippen molar-refractivity contribution in [3.63, 3.8) is 0 Å². The molecule has 0 N–H and O–H groups in total. The van der Waals surface area contributed by atoms with E-state index in [-0.39, 0.29) is 0 Å². The van der Waals surface area contributed by atoms with Crippen molar-refractivity contribution in [2.45, 2.75) is 0 Å². The molecule has 0 unspecified atom stereocenters. The van der Waals surface area contributed by atoms with Gasteiger partial charge < -0.3 is 13.7 Å². The molecule has 0 aliphatic heterocycles. The highest BCUT2D eigenvalue weighted by molar-refractivity contribution is 6.14. The second-order valence-electron chi connectivity index (χ2n) is 16.1. The fourth-order valence-electron chi connectivity index (χ4n) is 9.70. The SMILES string of the molecule is c1ccc(-c2cc(-c3ccccn3)nc(-c3ccc(-n4c5ccc(-n6c7ccccc7c7ccccc76)cc5c5cc(-n6c7ccccc7c7ccccc76)ccc54)cc3)n2)cc1. The third-order valence-electron chi connectivity index (χ3n) is 12.5. The summed E-state index contributed by atoms with van der Waals surface area (Å²) in [5.41, 5.74) is 14.7. The molecule has 6 heteroatoms. The minimum absolute atomic E-state index is 0.650. The number of hydrogen-bond donors (Lipinski definition) is 0. The Labute approximate surface area is 362 Å². The minimum Gasteiger partial charge on any atom is -0.309 e. The lowest BCUT2D eigenvalue weighted by atomic mass is 10.1. The zero-order chi connectivity index (χ0) is 41.4. The molecule has 0 aliphatic carbocycles. The largest absolute Gasteiger partial charge is 0.309 e. The van der Waals surface area contributed by atoms with Crippen molar-refractivity contribution in [2.75, 3.05) is 0 Å². The number of benzene rings is 8. The van der Waals surface area contributed by atoms with Crippen LogP contribution in [0.4, 0.5) is 0 Å². The molecular weight excluding hydrogens is 769 g/mol. The van der Waals surface area contributed by atoms with Crippen LogP contribution in [0, 0.1) is 0 Å². The molecule has 0 aliphatic rings. The Hall–Kier alpha value is -8.61. The Morgan fingerprint density at radius 1 is 0.270 bits per heavy atom. The molecule has 13 aromatic rings. The van der Waals surface area contributed by atoms with Gasteiger partial charge in [-0.25, -0.2) is 9.97 Å². The van der Waals surface area contributed by atoms with Gasteiger partial charge in [0.1, 0.15) is 0 Å². The average Bonchev–Trinajstić information content (AvgIpc) is 4.00. The van der Waals surface area contributed by atoms with Crippen LogP contribution in [0.15, 0.2) is 219 Å². The quantitative estimate of drug-likeness (QED) is 0.168. The Balaban J connectivity index is 1.02. The number of aromatic nitrogens is 6. The van der Waals surface area contributed by atoms with E-state index in [1.807, 2.05) is 42.5 Å². The van der Waals surface area contributed by atoms with Gasteiger partial charge >= 0.3 is 0 Å². The molecule has 5 aromatic heterocycles. The fourth-order valence-corrected chi connectivity index (χ4v) is 9.70. The summed E-state index contributed by atoms with van der Waals surface area (Å²) in [6.07, 6.45) is 1.80. The summed E-state index contributed by atoms with van der Waals surface area (Å²) in [6.45, 7) is 0. The van der Waals surface area contributed by atoms with Crippen LogP contribution < -0.4 is 0 Å². The Morgan fingerprint density at radius 2 is 0.698 bits per heavy atom. The zero-order valence-corrected chi connectivity index (χ0v) is 34.0. The summed E-state index contributed by atoms with van der Waals surface area (Å²) in [6, 6.07) is 75.5. The van der Waals surface area contributed by atoms with Crippen LogP contribution in [0.1, 0.15) is 0 Å². The van der Waals surface area contributed by atoms with Crippen molar-refractivity contribution in [1.82, 2.24) is 28.7 Å². The smallest absolute Gasteiger partial charge is 0.160 e. The molecule has 8 aromatic carbocycles. The molecule has 0 amide bonds. The first-order chi connectivity index (χ1) is 31.2. The van der Waals surface area contributed by atoms with Crippen molar-refractivity contribution in [2.24, 2.45) is 0 Å². The van der Waals surface area contributed by atoms with E-state index in [1.54, 1.807) is 6.20 Å². The molecule has 294 valence electrons. The molecule has 0 atom stereocenters. The molecule has 5 heterocycles. The molecule has 13 rings (SSSR count). The van der Waals surface area contributed by atoms with E-state index < -0.39 is 0 Å². The number of rotatable bonds is 6. The van der Waals surface area contributed by atoms with E-state index >= 15 is 0 Å². The van der Waals surface area contributed by atoms with Gasteiger partial charge in [0, 0.05) is 66.7 Å². The molecule has 0 saturated heterocycles. The van der Waals surface area contributed by atoms with Crippen LogP contribution in [0.5, 0.6) is 0 Å². The van der Waals surface area contributed by atoms with Crippen LogP contribution in [0.3, 0.4) is 0 Å². The van der Waals surface area contributed by atoms with Gasteiger partial charge in [-0.3, -0.25) is 4.98 Å². The molecule has 6 nitrogen and oxygen atoms in total. The van der Waals surface area contributed by atoms with Crippen LogP contribution in [-0.4, -0.2) is 28.7 Å². The lowest BCUT2D eigenvalue weighted by molar-refractivity contribution is 1.15. The first-order valence-electron chi connectivity index (χ1n) is 21.3. The fraction of sp³-hybridized carbons (Fsp3) is 0. The minimum atomic E-state index is 0.650. The zero-order valence-electron chi connectivity index (χ0n) is 34.0. The molecule has 63 heavy (non-hydrogen) atoms. The van der Waals surface area contributed by atoms with E-state index in [4.69, 9.17) is 9.97 Å². The third kappa shape index (κ3) is 5.55. The van der Waals surface area contributed by atoms with Crippen molar-refractivity contribution in [3.8, 4) is 51.1 Å². The van der Waals surface area contributed by atoms with Gasteiger partial charge in [-0.05, 0) is 103 Å². The second-order valence-corrected chi connectivity index (χ2v) is 16.1. The van der Waals surface area contributed by atoms with Gasteiger partial charge in [0.15, 0.2) is 5.82 Å². The van der Waals surface area contributed by atoms with E-state index in [0.717, 1.165) is 56.3 Å². The van der Waals surface area contributed by atoms with Crippen molar-refractivity contribution in [3.05, 3.63) is 219 Å². The predicted octanol–water partition coefficient (Wildman–Crippen LogP) is 14.2. The Bertz CT molecular complexity index is 3560. The van der Waals surface area contributed by atoms with E-state index in [9.17, 15) is 0 Å². The third-order valence-corrected chi connectivity index (χ3v) is 12.5. The predicted molar refractivity (Wildman–Crippen MR) is 259 cm³/mol. The molecule has 0 bridgehead atoms. The van der Waals surface area contributed by atoms with Gasteiger partial charge in [0.2, 0.25) is 0 Å². The van der Waals surface area contributed by atoms with E-state index in [2.05, 4.69) is 189 Å². The van der Waals surface area contributed by atoms with Crippen LogP contribution >= 0.6 is 0 Å². The number of para-hydroxylation sites is 4. The molecule has 0 fully saturated rings. The number of hydrogen-bond acceptors (Lipinski definition) is 3. The number of pyridine rings is 1. The van der Waals surface area contributed by atoms with Crippen LogP contribution in [-0.2, 0) is 0 Å². The molecular formula is C57H36N6. The Kier molecular flexibility index (Phi) is 7.80. The lowest BCUT2D eigenvalue weighted by Crippen LogP contribution is -1.98. The van der Waals surface area contributed by atoms with Crippen molar-refractivity contribution >= 4 is 65.4 Å². The van der Waals surface area contributed by atoms with Crippen molar-refractivity contribution < 1.29 is 0 Å². The summed E-state index contributed by atoms with van der Waals surface area (Å²) < 4.78 is 7.20. The molecule has 0 saturated carbocycles. The highest BCUT2D eigenvalue weighted by Crippen LogP contribution is 2.40. The van der Waals surface area contributed by atoms with Crippen molar-refractivity contribution in [1.29, 1.82) is 0 Å². The van der Waals surface area contributed by atoms with Gasteiger partial charge in [0.25, 0.3) is 0 Å². The first kappa shape index (κ1) is 35.2. The summed E-state index contributed by atoms with van der Waals surface area (Å²) in [5, 5.41) is 7.33. The lowest BCUT2D eigenvalue weighted by Gasteiger charge is -2.12. The topological polar surface area (TPSA) is 53.5 Å². The Morgan fingerprint density at radius 3 is 1.21 bits per heavy atom. The van der Waals surface area contributed by atoms with Gasteiger partial charge in [-0.1, -0.05) is 109 Å². The van der Waals surface area contributed by atoms with Crippen LogP contribution in [0.25, 0.3) is 117 Å². The normalized spacial score (nSPS) is 11.8. The summed E-state index contributed by atoms with van der Waals surface area (Å²) in [5.74, 6) is 0.650. The first-order valence-corrected chi connectivity index (χ1v) is 21.3. The standard InChI is InChI=1S/C57H36N6/c1-2-14-37(15-3-1)49-36-50(48-20-12-13-33-58-48)60-57(59-49)38-25-27-39(28-26-38)61-55-31-29-40(62-51-21-8-4-16-42(51)43-17-5-9-22-52(43)62)34-46(55)47-35-41(30-32-56(47)61)63-53-23-10-6-18-44(53)45-19-7-11-24-54(45)63/h1-36H. The molecule has 0 radical (unpaired) electrons. The maximum atomic E-state index is 5.10. The maximum absolute atomic E-state index is 5.10. The summed E-state index contributed by atoms with van der Waals surface area (Å²) >= 11 is 0. The monoisotopic (exact) mass is 804 g/mol. The molecule has 0 spiro atoms. The van der Waals surface area contributed by atoms with Crippen LogP contribution in [0.2, 0.25) is 0 Å². The highest BCUT2D eigenvalue weighted by atomic mass is 15.0. The van der Waals surface area contributed by atoms with Gasteiger partial charge in [0.05, 0.1) is 50.2 Å². The second kappa shape index (κ2) is 14.0. The highest BCUT2D eigenvalue weighted by Gasteiger charge is 2.19. The number of nitrogens with zero attached hydrogens (tertiary/aromatic N) is 6. The summed E-state index contributed by atoms with van der Waals surface area (Å²) in [7, 11) is 0. The van der Waals surface area contributed by atoms with E-state index in [0.29, 0.717) is 5.82 Å². The van der Waals surface area contributed by atoms with Gasteiger partial charge in [-0.2, -0.15) is 0 Å². The maximum Gasteiger partial charge on any atom is 0.160 e.